The van der Waals surface area contributed by atoms with E-state index in [0.717, 1.165) is 44.2 Å². The van der Waals surface area contributed by atoms with Crippen LogP contribution in [0.25, 0.3) is 0 Å². The van der Waals surface area contributed by atoms with Crippen LogP contribution in [0, 0.1) is 29.6 Å². The molecular formula is C30H44N2O5. The molecule has 7 nitrogen and oxygen atoms in total. The Bertz CT molecular complexity index is 890. The smallest absolute Gasteiger partial charge is 0.237 e. The fourth-order valence-corrected chi connectivity index (χ4v) is 7.94. The maximum Gasteiger partial charge on any atom is 0.237 e. The third-order valence-corrected chi connectivity index (χ3v) is 9.58. The SMILES string of the molecule is CC(C)C[C@@H](C(=O)N[C@@H](CCc1ccccc1)[C@H]1OOC2(O1)C1CC3CC(C1)CC2C3)N1CCOCC1. The zero-order valence-electron chi connectivity index (χ0n) is 22.5. The summed E-state index contributed by atoms with van der Waals surface area (Å²) in [5, 5.41) is 3.39. The van der Waals surface area contributed by atoms with Gasteiger partial charge in [0.15, 0.2) is 0 Å². The maximum absolute atomic E-state index is 13.8. The number of hydrogen-bond acceptors (Lipinski definition) is 6. The number of carbonyl (C=O) groups excluding carboxylic acids is 1. The molecule has 0 radical (unpaired) electrons. The third kappa shape index (κ3) is 5.35. The van der Waals surface area contributed by atoms with E-state index >= 15 is 0 Å². The Balaban J connectivity index is 1.19. The van der Waals surface area contributed by atoms with Gasteiger partial charge in [0.05, 0.1) is 25.3 Å². The summed E-state index contributed by atoms with van der Waals surface area (Å²) in [6.07, 6.45) is 7.89. The second kappa shape index (κ2) is 10.9. The molecule has 37 heavy (non-hydrogen) atoms. The van der Waals surface area contributed by atoms with Crippen molar-refractivity contribution < 1.29 is 24.0 Å². The van der Waals surface area contributed by atoms with Crippen molar-refractivity contribution in [2.75, 3.05) is 26.3 Å². The van der Waals surface area contributed by atoms with E-state index in [1.54, 1.807) is 0 Å². The Labute approximate surface area is 221 Å². The molecule has 204 valence electrons. The molecule has 1 N–H and O–H groups in total. The molecule has 1 aromatic carbocycles. The lowest BCUT2D eigenvalue weighted by atomic mass is 9.53. The first-order valence-corrected chi connectivity index (χ1v) is 14.7. The summed E-state index contributed by atoms with van der Waals surface area (Å²) in [4.78, 5) is 28.3. The van der Waals surface area contributed by atoms with Gasteiger partial charge in [0.2, 0.25) is 18.0 Å². The Morgan fingerprint density at radius 1 is 1.03 bits per heavy atom. The number of amides is 1. The molecular weight excluding hydrogens is 468 g/mol. The average molecular weight is 513 g/mol. The summed E-state index contributed by atoms with van der Waals surface area (Å²) in [7, 11) is 0. The third-order valence-electron chi connectivity index (χ3n) is 9.58. The summed E-state index contributed by atoms with van der Waals surface area (Å²) < 4.78 is 12.4. The molecule has 0 aromatic heterocycles. The largest absolute Gasteiger partial charge is 0.379 e. The molecule has 0 unspecified atom stereocenters. The molecule has 7 rings (SSSR count). The monoisotopic (exact) mass is 512 g/mol. The highest BCUT2D eigenvalue weighted by Crippen LogP contribution is 2.61. The van der Waals surface area contributed by atoms with Gasteiger partial charge in [-0.1, -0.05) is 44.2 Å². The van der Waals surface area contributed by atoms with Gasteiger partial charge in [-0.15, -0.1) is 0 Å². The van der Waals surface area contributed by atoms with E-state index in [2.05, 4.69) is 48.3 Å². The highest BCUT2D eigenvalue weighted by Gasteiger charge is 2.64. The number of carbonyl (C=O) groups is 1. The molecule has 1 spiro atoms. The Morgan fingerprint density at radius 3 is 2.35 bits per heavy atom. The lowest BCUT2D eigenvalue weighted by Crippen LogP contribution is -2.59. The molecule has 4 bridgehead atoms. The number of rotatable bonds is 9. The van der Waals surface area contributed by atoms with Gasteiger partial charge in [-0.2, -0.15) is 9.78 Å². The van der Waals surface area contributed by atoms with E-state index < -0.39 is 12.1 Å². The summed E-state index contributed by atoms with van der Waals surface area (Å²) in [5.41, 5.74) is 1.25. The minimum absolute atomic E-state index is 0.0619. The molecule has 2 saturated heterocycles. The van der Waals surface area contributed by atoms with Crippen molar-refractivity contribution in [3.05, 3.63) is 35.9 Å². The van der Waals surface area contributed by atoms with E-state index in [0.29, 0.717) is 31.0 Å². The van der Waals surface area contributed by atoms with Crippen molar-refractivity contribution >= 4 is 5.91 Å². The van der Waals surface area contributed by atoms with E-state index in [4.69, 9.17) is 19.2 Å². The van der Waals surface area contributed by atoms with Crippen LogP contribution in [0.4, 0.5) is 0 Å². The molecule has 6 fully saturated rings. The standard InChI is InChI=1S/C30H44N2O5/c1-20(2)14-27(32-10-12-34-13-11-32)28(33)31-26(9-8-21-6-4-3-5-7-21)29-35-30(37-36-29)24-16-22-15-23(18-24)19-25(30)17-22/h3-7,20,22-27,29H,8-19H2,1-2H3,(H,31,33)/t22?,23?,24?,25?,26-,27-,29+,30?/m0/s1. The zero-order chi connectivity index (χ0) is 25.4. The lowest BCUT2D eigenvalue weighted by molar-refractivity contribution is -0.383. The second-order valence-electron chi connectivity index (χ2n) is 12.6. The fraction of sp³-hybridized carbons (Fsp3) is 0.767. The van der Waals surface area contributed by atoms with Gasteiger partial charge in [0.25, 0.3) is 0 Å². The zero-order valence-corrected chi connectivity index (χ0v) is 22.5. The quantitative estimate of drug-likeness (QED) is 0.498. The molecule has 3 atom stereocenters. The topological polar surface area (TPSA) is 69.3 Å². The first-order chi connectivity index (χ1) is 18.0. The first kappa shape index (κ1) is 25.8. The predicted octanol–water partition coefficient (Wildman–Crippen LogP) is 4.31. The number of hydrogen-bond donors (Lipinski definition) is 1. The van der Waals surface area contributed by atoms with Crippen LogP contribution < -0.4 is 5.32 Å². The molecule has 1 amide bonds. The van der Waals surface area contributed by atoms with Crippen LogP contribution in [0.1, 0.15) is 64.4 Å². The van der Waals surface area contributed by atoms with Gasteiger partial charge in [-0.25, -0.2) is 0 Å². The molecule has 1 aromatic rings. The van der Waals surface area contributed by atoms with Crippen LogP contribution in [-0.2, 0) is 30.5 Å². The minimum atomic E-state index is -0.630. The van der Waals surface area contributed by atoms with Crippen molar-refractivity contribution in [1.82, 2.24) is 10.2 Å². The summed E-state index contributed by atoms with van der Waals surface area (Å²) >= 11 is 0. The maximum atomic E-state index is 13.8. The second-order valence-corrected chi connectivity index (χ2v) is 12.6. The van der Waals surface area contributed by atoms with Crippen molar-refractivity contribution in [1.29, 1.82) is 0 Å². The van der Waals surface area contributed by atoms with E-state index in [1.165, 1.54) is 37.7 Å². The number of morpholine rings is 1. The predicted molar refractivity (Wildman–Crippen MR) is 139 cm³/mol. The van der Waals surface area contributed by atoms with Crippen molar-refractivity contribution in [3.8, 4) is 0 Å². The molecule has 7 heteroatoms. The van der Waals surface area contributed by atoms with E-state index in [-0.39, 0.29) is 18.0 Å². The molecule has 4 aliphatic carbocycles. The van der Waals surface area contributed by atoms with Gasteiger partial charge in [-0.05, 0) is 74.7 Å². The normalized spacial score (nSPS) is 36.8. The van der Waals surface area contributed by atoms with Gasteiger partial charge in [0, 0.05) is 24.9 Å². The van der Waals surface area contributed by atoms with E-state index in [1.807, 2.05) is 6.07 Å². The highest BCUT2D eigenvalue weighted by atomic mass is 17.3. The van der Waals surface area contributed by atoms with Crippen LogP contribution in [-0.4, -0.2) is 61.3 Å². The Morgan fingerprint density at radius 2 is 1.70 bits per heavy atom. The molecule has 2 aliphatic heterocycles. The van der Waals surface area contributed by atoms with E-state index in [9.17, 15) is 4.79 Å². The minimum Gasteiger partial charge on any atom is -0.379 e. The van der Waals surface area contributed by atoms with Crippen LogP contribution in [0.5, 0.6) is 0 Å². The summed E-state index contributed by atoms with van der Waals surface area (Å²) in [6.45, 7) is 7.29. The summed E-state index contributed by atoms with van der Waals surface area (Å²) in [6, 6.07) is 9.99. The van der Waals surface area contributed by atoms with Crippen molar-refractivity contribution in [2.24, 2.45) is 29.6 Å². The Hall–Kier alpha value is -1.51. The van der Waals surface area contributed by atoms with Crippen LogP contribution in [0.15, 0.2) is 30.3 Å². The number of aryl methyl sites for hydroxylation is 1. The van der Waals surface area contributed by atoms with Gasteiger partial charge >= 0.3 is 0 Å². The number of nitrogens with zero attached hydrogens (tertiary/aromatic N) is 1. The lowest BCUT2D eigenvalue weighted by Gasteiger charge is -2.57. The van der Waals surface area contributed by atoms with Gasteiger partial charge in [0.1, 0.15) is 0 Å². The molecule has 6 aliphatic rings. The fourth-order valence-electron chi connectivity index (χ4n) is 7.94. The molecule has 2 heterocycles. The van der Waals surface area contributed by atoms with Crippen LogP contribution >= 0.6 is 0 Å². The molecule has 4 saturated carbocycles. The number of benzene rings is 1. The van der Waals surface area contributed by atoms with Crippen molar-refractivity contribution in [3.63, 3.8) is 0 Å². The number of ether oxygens (including phenoxy) is 2. The first-order valence-electron chi connectivity index (χ1n) is 14.7. The number of nitrogens with one attached hydrogen (secondary N) is 1. The summed E-state index contributed by atoms with van der Waals surface area (Å²) in [5.74, 6) is 2.29. The van der Waals surface area contributed by atoms with Crippen LogP contribution in [0.3, 0.4) is 0 Å². The van der Waals surface area contributed by atoms with Crippen LogP contribution in [0.2, 0.25) is 0 Å². The Kier molecular flexibility index (Phi) is 7.61. The van der Waals surface area contributed by atoms with Gasteiger partial charge < -0.3 is 14.8 Å². The average Bonchev–Trinajstić information content (AvgIpc) is 3.35. The highest BCUT2D eigenvalue weighted by molar-refractivity contribution is 5.82. The van der Waals surface area contributed by atoms with Crippen molar-refractivity contribution in [2.45, 2.75) is 89.4 Å². The van der Waals surface area contributed by atoms with Gasteiger partial charge in [-0.3, -0.25) is 9.69 Å².